The van der Waals surface area contributed by atoms with E-state index in [0.717, 1.165) is 5.56 Å². The first-order chi connectivity index (χ1) is 12.2. The molecule has 0 aliphatic rings. The Bertz CT molecular complexity index is 815. The molecule has 0 spiro atoms. The molecule has 0 aliphatic heterocycles. The fraction of sp³-hybridized carbons (Fsp3) is 0.100. The molecule has 0 aliphatic carbocycles. The molecule has 3 aromatic rings. The molecule has 2 aromatic carbocycles. The summed E-state index contributed by atoms with van der Waals surface area (Å²) in [5.41, 5.74) is 1.89. The highest BCUT2D eigenvalue weighted by Gasteiger charge is 2.25. The van der Waals surface area contributed by atoms with E-state index in [1.165, 1.54) is 0 Å². The second-order valence-corrected chi connectivity index (χ2v) is 5.48. The Balaban J connectivity index is 1.74. The van der Waals surface area contributed by atoms with Crippen LogP contribution < -0.4 is 5.32 Å². The van der Waals surface area contributed by atoms with Crippen molar-refractivity contribution in [3.05, 3.63) is 95.8 Å². The third-order valence-electron chi connectivity index (χ3n) is 3.69. The number of benzene rings is 2. The number of nitrogens with one attached hydrogen (secondary N) is 2. The quantitative estimate of drug-likeness (QED) is 0.680. The zero-order valence-corrected chi connectivity index (χ0v) is 13.5. The molecule has 25 heavy (non-hydrogen) atoms. The molecule has 3 rings (SSSR count). The monoisotopic (exact) mass is 334 g/mol. The molecule has 0 radical (unpaired) electrons. The van der Waals surface area contributed by atoms with Gasteiger partial charge in [0.05, 0.1) is 0 Å². The van der Waals surface area contributed by atoms with Crippen LogP contribution >= 0.6 is 0 Å². The molecule has 0 saturated carbocycles. The number of hydrogen-bond acceptors (Lipinski definition) is 3. The van der Waals surface area contributed by atoms with Gasteiger partial charge in [-0.15, -0.1) is 0 Å². The van der Waals surface area contributed by atoms with Crippen LogP contribution in [0.3, 0.4) is 0 Å². The molecule has 1 atom stereocenters. The fourth-order valence-electron chi connectivity index (χ4n) is 2.41. The molecule has 126 valence electrons. The Labute approximate surface area is 145 Å². The normalized spacial score (nSPS) is 11.5. The summed E-state index contributed by atoms with van der Waals surface area (Å²) in [4.78, 5) is 27.6. The van der Waals surface area contributed by atoms with Gasteiger partial charge in [0.15, 0.2) is 0 Å². The summed E-state index contributed by atoms with van der Waals surface area (Å²) in [6, 6.07) is 21.8. The average molecular weight is 334 g/mol. The van der Waals surface area contributed by atoms with Crippen molar-refractivity contribution in [3.63, 3.8) is 0 Å². The van der Waals surface area contributed by atoms with Crippen LogP contribution in [0.15, 0.2) is 79.0 Å². The van der Waals surface area contributed by atoms with Gasteiger partial charge in [0.25, 0.3) is 5.91 Å². The van der Waals surface area contributed by atoms with Crippen LogP contribution in [0.5, 0.6) is 0 Å². The van der Waals surface area contributed by atoms with Crippen LogP contribution in [-0.4, -0.2) is 16.9 Å². The van der Waals surface area contributed by atoms with E-state index in [9.17, 15) is 9.59 Å². The van der Waals surface area contributed by atoms with Crippen molar-refractivity contribution in [2.24, 2.45) is 0 Å². The summed E-state index contributed by atoms with van der Waals surface area (Å²) in [5, 5.41) is 2.82. The number of H-pyrrole nitrogens is 1. The minimum Gasteiger partial charge on any atom is -0.443 e. The van der Waals surface area contributed by atoms with Crippen LogP contribution in [-0.2, 0) is 16.1 Å². The van der Waals surface area contributed by atoms with Crippen molar-refractivity contribution < 1.29 is 14.3 Å². The number of ether oxygens (including phenoxy) is 1. The Morgan fingerprint density at radius 2 is 1.60 bits per heavy atom. The van der Waals surface area contributed by atoms with E-state index in [1.54, 1.807) is 42.6 Å². The van der Waals surface area contributed by atoms with Crippen molar-refractivity contribution in [2.75, 3.05) is 0 Å². The van der Waals surface area contributed by atoms with Crippen LogP contribution in [0.1, 0.15) is 27.7 Å². The maximum Gasteiger partial charge on any atom is 0.355 e. The molecule has 2 N–H and O–H groups in total. The van der Waals surface area contributed by atoms with Gasteiger partial charge in [-0.3, -0.25) is 4.79 Å². The highest BCUT2D eigenvalue weighted by molar-refractivity contribution is 5.91. The first-order valence-electron chi connectivity index (χ1n) is 7.95. The van der Waals surface area contributed by atoms with Gasteiger partial charge in [-0.2, -0.15) is 0 Å². The van der Waals surface area contributed by atoms with Crippen molar-refractivity contribution in [2.45, 2.75) is 12.6 Å². The Morgan fingerprint density at radius 1 is 0.920 bits per heavy atom. The molecule has 5 heteroatoms. The number of amides is 1. The Morgan fingerprint density at radius 3 is 2.24 bits per heavy atom. The van der Waals surface area contributed by atoms with Crippen LogP contribution in [0.4, 0.5) is 0 Å². The number of carbonyl (C=O) groups is 2. The minimum atomic E-state index is -1.01. The van der Waals surface area contributed by atoms with Crippen LogP contribution in [0, 0.1) is 0 Å². The van der Waals surface area contributed by atoms with Crippen molar-refractivity contribution in [1.82, 2.24) is 10.3 Å². The maximum absolute atomic E-state index is 12.6. The highest BCUT2D eigenvalue weighted by Crippen LogP contribution is 2.19. The molecule has 0 fully saturated rings. The molecule has 5 nitrogen and oxygen atoms in total. The summed E-state index contributed by atoms with van der Waals surface area (Å²) in [5.74, 6) is -0.941. The largest absolute Gasteiger partial charge is 0.443 e. The van der Waals surface area contributed by atoms with E-state index in [4.69, 9.17) is 4.74 Å². The van der Waals surface area contributed by atoms with E-state index in [0.29, 0.717) is 17.8 Å². The van der Waals surface area contributed by atoms with E-state index in [2.05, 4.69) is 10.3 Å². The molecule has 1 heterocycles. The number of carbonyl (C=O) groups excluding carboxylic acids is 2. The zero-order valence-electron chi connectivity index (χ0n) is 13.5. The molecule has 0 bridgehead atoms. The van der Waals surface area contributed by atoms with Gasteiger partial charge in [0.2, 0.25) is 6.10 Å². The van der Waals surface area contributed by atoms with Gasteiger partial charge in [0.1, 0.15) is 5.69 Å². The van der Waals surface area contributed by atoms with Crippen molar-refractivity contribution in [3.8, 4) is 0 Å². The lowest BCUT2D eigenvalue weighted by Crippen LogP contribution is -2.32. The summed E-state index contributed by atoms with van der Waals surface area (Å²) in [6.07, 6.45) is 0.615. The van der Waals surface area contributed by atoms with Crippen molar-refractivity contribution >= 4 is 11.9 Å². The number of hydrogen-bond donors (Lipinski definition) is 2. The SMILES string of the molecule is O=C(O[C@@H](C(=O)NCc1ccccc1)c1ccccc1)c1ccc[nH]1. The summed E-state index contributed by atoms with van der Waals surface area (Å²) in [6.45, 7) is 0.364. The van der Waals surface area contributed by atoms with E-state index < -0.39 is 12.1 Å². The fourth-order valence-corrected chi connectivity index (χ4v) is 2.41. The summed E-state index contributed by atoms with van der Waals surface area (Å²) in [7, 11) is 0. The Hall–Kier alpha value is -3.34. The predicted molar refractivity (Wildman–Crippen MR) is 93.7 cm³/mol. The number of rotatable bonds is 6. The zero-order chi connectivity index (χ0) is 17.5. The minimum absolute atomic E-state index is 0.303. The topological polar surface area (TPSA) is 71.2 Å². The third kappa shape index (κ3) is 4.35. The van der Waals surface area contributed by atoms with E-state index >= 15 is 0 Å². The number of aromatic amines is 1. The van der Waals surface area contributed by atoms with Gasteiger partial charge in [0, 0.05) is 18.3 Å². The van der Waals surface area contributed by atoms with Crippen LogP contribution in [0.25, 0.3) is 0 Å². The van der Waals surface area contributed by atoms with E-state index in [1.807, 2.05) is 36.4 Å². The maximum atomic E-state index is 12.6. The first kappa shape index (κ1) is 16.5. The predicted octanol–water partition coefficient (Wildman–Crippen LogP) is 3.23. The molecule has 1 amide bonds. The van der Waals surface area contributed by atoms with Gasteiger partial charge in [-0.1, -0.05) is 60.7 Å². The third-order valence-corrected chi connectivity index (χ3v) is 3.69. The lowest BCUT2D eigenvalue weighted by molar-refractivity contribution is -0.130. The second-order valence-electron chi connectivity index (χ2n) is 5.48. The second kappa shape index (κ2) is 7.97. The smallest absolute Gasteiger partial charge is 0.355 e. The molecule has 0 unspecified atom stereocenters. The molecule has 1 aromatic heterocycles. The number of aromatic nitrogens is 1. The van der Waals surface area contributed by atoms with Gasteiger partial charge in [-0.25, -0.2) is 4.79 Å². The van der Waals surface area contributed by atoms with Gasteiger partial charge in [-0.05, 0) is 17.7 Å². The summed E-state index contributed by atoms with van der Waals surface area (Å²) >= 11 is 0. The molecular formula is C20H18N2O3. The van der Waals surface area contributed by atoms with E-state index in [-0.39, 0.29) is 5.91 Å². The molecular weight excluding hydrogens is 316 g/mol. The summed E-state index contributed by atoms with van der Waals surface area (Å²) < 4.78 is 5.45. The van der Waals surface area contributed by atoms with Gasteiger partial charge >= 0.3 is 5.97 Å². The standard InChI is InChI=1S/C20H18N2O3/c23-19(22-14-15-8-3-1-4-9-15)18(16-10-5-2-6-11-16)25-20(24)17-12-7-13-21-17/h1-13,18,21H,14H2,(H,22,23)/t18-/m1/s1. The lowest BCUT2D eigenvalue weighted by atomic mass is 10.1. The first-order valence-corrected chi connectivity index (χ1v) is 7.95. The Kier molecular flexibility index (Phi) is 5.26. The van der Waals surface area contributed by atoms with Gasteiger partial charge < -0.3 is 15.0 Å². The van der Waals surface area contributed by atoms with Crippen molar-refractivity contribution in [1.29, 1.82) is 0 Å². The molecule has 0 saturated heterocycles. The number of esters is 1. The highest BCUT2D eigenvalue weighted by atomic mass is 16.5. The lowest BCUT2D eigenvalue weighted by Gasteiger charge is -2.18. The van der Waals surface area contributed by atoms with Crippen LogP contribution in [0.2, 0.25) is 0 Å². The average Bonchev–Trinajstić information content (AvgIpc) is 3.20.